The number of benzene rings is 4. The summed E-state index contributed by atoms with van der Waals surface area (Å²) in [5.74, 6) is -0.0178. The number of aliphatic hydroxyl groups excluding tert-OH is 1. The van der Waals surface area contributed by atoms with Crippen LogP contribution >= 0.6 is 39.1 Å². The second kappa shape index (κ2) is 13.9. The summed E-state index contributed by atoms with van der Waals surface area (Å²) in [6, 6.07) is 26.0. The normalized spacial score (nSPS) is 17.7. The molecule has 222 valence electrons. The quantitative estimate of drug-likeness (QED) is 0.161. The van der Waals surface area contributed by atoms with Crippen LogP contribution in [0.15, 0.2) is 100 Å². The molecule has 2 atom stereocenters. The number of rotatable bonds is 11. The molecule has 0 bridgehead atoms. The van der Waals surface area contributed by atoms with Gasteiger partial charge in [0.1, 0.15) is 11.6 Å². The van der Waals surface area contributed by atoms with E-state index >= 15 is 0 Å². The summed E-state index contributed by atoms with van der Waals surface area (Å²) in [4.78, 5) is 19.4. The number of aliphatic hydroxyl groups is 1. The molecule has 0 aliphatic carbocycles. The SMILES string of the molecule is O=C(NCc1ccccc1F)[C@]1(Cc2ccccc2Br)N=C(c2ccc(OCCCO)cc2)O[C@@H]1c1ccc(Cl)cc1Cl. The van der Waals surface area contributed by atoms with Crippen molar-refractivity contribution in [3.05, 3.63) is 134 Å². The lowest BCUT2D eigenvalue weighted by atomic mass is 9.82. The van der Waals surface area contributed by atoms with Crippen LogP contribution in [0.5, 0.6) is 5.75 Å². The van der Waals surface area contributed by atoms with Crippen molar-refractivity contribution in [3.8, 4) is 5.75 Å². The van der Waals surface area contributed by atoms with Crippen LogP contribution in [0.4, 0.5) is 4.39 Å². The molecule has 1 amide bonds. The van der Waals surface area contributed by atoms with Crippen LogP contribution in [-0.4, -0.2) is 35.7 Å². The molecule has 2 N–H and O–H groups in total. The summed E-state index contributed by atoms with van der Waals surface area (Å²) >= 11 is 16.5. The van der Waals surface area contributed by atoms with Gasteiger partial charge in [0.2, 0.25) is 5.90 Å². The Morgan fingerprint density at radius 2 is 1.74 bits per heavy atom. The zero-order valence-electron chi connectivity index (χ0n) is 22.9. The molecule has 4 aromatic carbocycles. The Kier molecular flexibility index (Phi) is 10.0. The van der Waals surface area contributed by atoms with Gasteiger partial charge in [-0.15, -0.1) is 0 Å². The lowest BCUT2D eigenvalue weighted by Crippen LogP contribution is -2.49. The van der Waals surface area contributed by atoms with Crippen molar-refractivity contribution < 1.29 is 23.8 Å². The third kappa shape index (κ3) is 7.04. The van der Waals surface area contributed by atoms with Gasteiger partial charge in [0.05, 0.1) is 6.61 Å². The number of ether oxygens (including phenoxy) is 2. The molecule has 6 nitrogen and oxygen atoms in total. The van der Waals surface area contributed by atoms with E-state index in [4.69, 9.17) is 42.8 Å². The van der Waals surface area contributed by atoms with Gasteiger partial charge >= 0.3 is 0 Å². The third-order valence-corrected chi connectivity index (χ3v) is 8.43. The van der Waals surface area contributed by atoms with E-state index in [0.717, 1.165) is 10.0 Å². The fraction of sp³-hybridized carbons (Fsp3) is 0.212. The van der Waals surface area contributed by atoms with E-state index in [2.05, 4.69) is 21.2 Å². The first-order chi connectivity index (χ1) is 20.8. The molecule has 0 saturated heterocycles. The Morgan fingerprint density at radius 1 is 1.02 bits per heavy atom. The molecule has 1 aliphatic rings. The van der Waals surface area contributed by atoms with Crippen molar-refractivity contribution in [2.75, 3.05) is 13.2 Å². The van der Waals surface area contributed by atoms with E-state index < -0.39 is 23.4 Å². The summed E-state index contributed by atoms with van der Waals surface area (Å²) in [6.45, 7) is 0.368. The minimum atomic E-state index is -1.53. The number of aliphatic imine (C=N–C) groups is 1. The highest BCUT2D eigenvalue weighted by Crippen LogP contribution is 2.45. The van der Waals surface area contributed by atoms with Gasteiger partial charge in [0.15, 0.2) is 11.6 Å². The predicted molar refractivity (Wildman–Crippen MR) is 169 cm³/mol. The highest BCUT2D eigenvalue weighted by molar-refractivity contribution is 9.10. The van der Waals surface area contributed by atoms with Gasteiger partial charge < -0.3 is 19.9 Å². The van der Waals surface area contributed by atoms with Crippen LogP contribution in [0.1, 0.15) is 34.8 Å². The molecule has 1 aliphatic heterocycles. The van der Waals surface area contributed by atoms with Crippen LogP contribution < -0.4 is 10.1 Å². The lowest BCUT2D eigenvalue weighted by Gasteiger charge is -2.31. The topological polar surface area (TPSA) is 80.2 Å². The summed E-state index contributed by atoms with van der Waals surface area (Å²) in [5, 5.41) is 12.7. The number of amides is 1. The standard InChI is InChI=1S/C33H28BrCl2FN2O4/c34-27-8-3-1-6-22(27)19-33(32(41)38-20-23-7-2-4-9-29(23)37)30(26-15-12-24(35)18-28(26)36)43-31(39-33)21-10-13-25(14-11-21)42-17-5-16-40/h1-4,6-15,18,30,40H,5,16-17,19-20H2,(H,38,41)/t30-,33-/m1/s1. The van der Waals surface area contributed by atoms with Gasteiger partial charge in [-0.05, 0) is 54.1 Å². The molecule has 0 spiro atoms. The number of halogens is 4. The van der Waals surface area contributed by atoms with Crippen molar-refractivity contribution in [2.45, 2.75) is 31.0 Å². The predicted octanol–water partition coefficient (Wildman–Crippen LogP) is 7.47. The number of hydrogen-bond acceptors (Lipinski definition) is 5. The van der Waals surface area contributed by atoms with Crippen molar-refractivity contribution in [3.63, 3.8) is 0 Å². The summed E-state index contributed by atoms with van der Waals surface area (Å²) in [6.07, 6.45) is -0.284. The van der Waals surface area contributed by atoms with E-state index in [9.17, 15) is 9.18 Å². The largest absolute Gasteiger partial charge is 0.494 e. The Bertz CT molecular complexity index is 1640. The Morgan fingerprint density at radius 3 is 2.44 bits per heavy atom. The number of carbonyl (C=O) groups excluding carboxylic acids is 1. The fourth-order valence-corrected chi connectivity index (χ4v) is 5.81. The lowest BCUT2D eigenvalue weighted by molar-refractivity contribution is -0.129. The number of nitrogens with zero attached hydrogens (tertiary/aromatic N) is 1. The first-order valence-electron chi connectivity index (χ1n) is 13.6. The minimum Gasteiger partial charge on any atom is -0.494 e. The first kappa shape index (κ1) is 31.0. The van der Waals surface area contributed by atoms with Crippen LogP contribution in [-0.2, 0) is 22.5 Å². The van der Waals surface area contributed by atoms with Crippen LogP contribution in [0, 0.1) is 5.82 Å². The van der Waals surface area contributed by atoms with Crippen molar-refractivity contribution >= 4 is 50.9 Å². The third-order valence-electron chi connectivity index (χ3n) is 7.09. The molecule has 0 saturated carbocycles. The number of nitrogens with one attached hydrogen (secondary N) is 1. The van der Waals surface area contributed by atoms with E-state index in [1.54, 1.807) is 60.7 Å². The summed E-state index contributed by atoms with van der Waals surface area (Å²) < 4.78 is 27.5. The highest BCUT2D eigenvalue weighted by Gasteiger charge is 2.54. The van der Waals surface area contributed by atoms with E-state index in [0.29, 0.717) is 45.5 Å². The van der Waals surface area contributed by atoms with Gasteiger partial charge in [-0.25, -0.2) is 9.38 Å². The van der Waals surface area contributed by atoms with E-state index in [1.165, 1.54) is 6.07 Å². The highest BCUT2D eigenvalue weighted by atomic mass is 79.9. The van der Waals surface area contributed by atoms with Gasteiger partial charge in [-0.2, -0.15) is 0 Å². The number of carbonyl (C=O) groups is 1. The molecular formula is C33H28BrCl2FN2O4. The second-order valence-corrected chi connectivity index (χ2v) is 11.7. The molecule has 5 rings (SSSR count). The zero-order chi connectivity index (χ0) is 30.4. The molecule has 43 heavy (non-hydrogen) atoms. The maximum absolute atomic E-state index is 14.5. The molecule has 0 fully saturated rings. The summed E-state index contributed by atoms with van der Waals surface area (Å²) in [7, 11) is 0. The molecule has 4 aromatic rings. The zero-order valence-corrected chi connectivity index (χ0v) is 26.0. The van der Waals surface area contributed by atoms with Gasteiger partial charge in [0, 0.05) is 57.2 Å². The van der Waals surface area contributed by atoms with Crippen molar-refractivity contribution in [2.24, 2.45) is 4.99 Å². The fourth-order valence-electron chi connectivity index (χ4n) is 4.88. The van der Waals surface area contributed by atoms with Crippen molar-refractivity contribution in [1.29, 1.82) is 0 Å². The first-order valence-corrected chi connectivity index (χ1v) is 15.2. The average Bonchev–Trinajstić information content (AvgIpc) is 3.38. The van der Waals surface area contributed by atoms with Crippen molar-refractivity contribution in [1.82, 2.24) is 5.32 Å². The Labute approximate surface area is 267 Å². The molecule has 1 heterocycles. The molecular weight excluding hydrogens is 658 g/mol. The second-order valence-electron chi connectivity index (χ2n) is 10.00. The van der Waals surface area contributed by atoms with E-state index in [1.807, 2.05) is 24.3 Å². The Hall–Kier alpha value is -3.43. The monoisotopic (exact) mass is 684 g/mol. The van der Waals surface area contributed by atoms with Gasteiger partial charge in [0.25, 0.3) is 5.91 Å². The molecule has 0 aromatic heterocycles. The van der Waals surface area contributed by atoms with Crippen LogP contribution in [0.2, 0.25) is 10.0 Å². The maximum Gasteiger partial charge on any atom is 0.252 e. The smallest absolute Gasteiger partial charge is 0.252 e. The van der Waals surface area contributed by atoms with Crippen LogP contribution in [0.25, 0.3) is 0 Å². The maximum atomic E-state index is 14.5. The molecule has 10 heteroatoms. The van der Waals surface area contributed by atoms with Gasteiger partial charge in [-0.1, -0.05) is 81.6 Å². The molecule has 0 radical (unpaired) electrons. The number of hydrogen-bond donors (Lipinski definition) is 2. The minimum absolute atomic E-state index is 0.0377. The molecule has 0 unspecified atom stereocenters. The summed E-state index contributed by atoms with van der Waals surface area (Å²) in [5.41, 5.74) is 0.785. The van der Waals surface area contributed by atoms with E-state index in [-0.39, 0.29) is 25.5 Å². The Balaban J connectivity index is 1.59. The van der Waals surface area contributed by atoms with Gasteiger partial charge in [-0.3, -0.25) is 4.79 Å². The average molecular weight is 686 g/mol. The van der Waals surface area contributed by atoms with Crippen LogP contribution in [0.3, 0.4) is 0 Å².